The van der Waals surface area contributed by atoms with Crippen LogP contribution in [-0.2, 0) is 6.42 Å². The lowest BCUT2D eigenvalue weighted by molar-refractivity contribution is 0.504. The molecule has 0 fully saturated rings. The maximum atomic E-state index is 5.76. The molecule has 0 unspecified atom stereocenters. The largest absolute Gasteiger partial charge is 0.441 e. The number of hydrogen-bond donors (Lipinski definition) is 1. The van der Waals surface area contributed by atoms with Crippen LogP contribution in [0.1, 0.15) is 44.4 Å². The first-order valence-corrected chi connectivity index (χ1v) is 11.1. The Bertz CT molecular complexity index is 739. The molecule has 1 N–H and O–H groups in total. The molecular formula is C23H30N2OS. The Labute approximate surface area is 167 Å². The standard InChI is InChI=1S/C23H30N2OS/c1-4-12-20(13-5-1)27-19-11-3-10-18-24-17-9-2-6-16-23-25-21-14-7-8-15-22(21)26-23/h1,4-5,7-8,12-15,24H,2-3,6,9-11,16-19H2. The zero-order valence-electron chi connectivity index (χ0n) is 16.0. The van der Waals surface area contributed by atoms with Crippen LogP contribution < -0.4 is 5.32 Å². The van der Waals surface area contributed by atoms with Crippen LogP contribution in [0.5, 0.6) is 0 Å². The zero-order chi connectivity index (χ0) is 18.6. The Morgan fingerprint density at radius 2 is 1.52 bits per heavy atom. The number of rotatable bonds is 13. The molecule has 0 bridgehead atoms. The second-order valence-electron chi connectivity index (χ2n) is 6.86. The maximum Gasteiger partial charge on any atom is 0.195 e. The number of aromatic nitrogens is 1. The lowest BCUT2D eigenvalue weighted by atomic mass is 10.2. The molecule has 3 rings (SSSR count). The number of para-hydroxylation sites is 2. The zero-order valence-corrected chi connectivity index (χ0v) is 16.8. The molecule has 144 valence electrons. The minimum absolute atomic E-state index is 0.873. The van der Waals surface area contributed by atoms with Crippen LogP contribution in [0.2, 0.25) is 0 Å². The maximum absolute atomic E-state index is 5.76. The van der Waals surface area contributed by atoms with Crippen LogP contribution in [0.4, 0.5) is 0 Å². The first kappa shape index (κ1) is 20.0. The predicted molar refractivity (Wildman–Crippen MR) is 115 cm³/mol. The Balaban J connectivity index is 1.12. The van der Waals surface area contributed by atoms with Crippen molar-refractivity contribution in [1.29, 1.82) is 0 Å². The summed E-state index contributed by atoms with van der Waals surface area (Å²) in [5, 5.41) is 3.57. The topological polar surface area (TPSA) is 38.1 Å². The third-order valence-electron chi connectivity index (χ3n) is 4.59. The first-order chi connectivity index (χ1) is 13.4. The van der Waals surface area contributed by atoms with Gasteiger partial charge in [-0.2, -0.15) is 0 Å². The number of nitrogens with zero attached hydrogens (tertiary/aromatic N) is 1. The van der Waals surface area contributed by atoms with Gasteiger partial charge in [-0.05, 0) is 68.8 Å². The van der Waals surface area contributed by atoms with E-state index in [2.05, 4.69) is 40.6 Å². The molecule has 3 nitrogen and oxygen atoms in total. The fourth-order valence-corrected chi connectivity index (χ4v) is 4.02. The second kappa shape index (κ2) is 11.8. The van der Waals surface area contributed by atoms with Crippen LogP contribution in [0.25, 0.3) is 11.1 Å². The van der Waals surface area contributed by atoms with E-state index in [1.165, 1.54) is 42.8 Å². The van der Waals surface area contributed by atoms with Crippen LogP contribution in [0.15, 0.2) is 63.9 Å². The molecule has 0 radical (unpaired) electrons. The molecule has 2 aromatic carbocycles. The molecule has 0 saturated carbocycles. The lowest BCUT2D eigenvalue weighted by Gasteiger charge is -2.05. The number of nitrogens with one attached hydrogen (secondary N) is 1. The Kier molecular flexibility index (Phi) is 8.75. The van der Waals surface area contributed by atoms with E-state index in [4.69, 9.17) is 4.42 Å². The summed E-state index contributed by atoms with van der Waals surface area (Å²) in [5.74, 6) is 2.09. The van der Waals surface area contributed by atoms with E-state index >= 15 is 0 Å². The van der Waals surface area contributed by atoms with Crippen molar-refractivity contribution in [2.24, 2.45) is 0 Å². The Hall–Kier alpha value is -1.78. The smallest absolute Gasteiger partial charge is 0.195 e. The molecule has 0 atom stereocenters. The van der Waals surface area contributed by atoms with E-state index in [1.54, 1.807) is 0 Å². The summed E-state index contributed by atoms with van der Waals surface area (Å²) < 4.78 is 5.76. The lowest BCUT2D eigenvalue weighted by Crippen LogP contribution is -2.16. The molecule has 3 aromatic rings. The number of hydrogen-bond acceptors (Lipinski definition) is 4. The van der Waals surface area contributed by atoms with Crippen molar-refractivity contribution in [3.63, 3.8) is 0 Å². The van der Waals surface area contributed by atoms with Gasteiger partial charge in [-0.25, -0.2) is 4.98 Å². The van der Waals surface area contributed by atoms with E-state index in [0.29, 0.717) is 0 Å². The minimum atomic E-state index is 0.873. The van der Waals surface area contributed by atoms with Crippen molar-refractivity contribution in [2.75, 3.05) is 18.8 Å². The Morgan fingerprint density at radius 1 is 0.778 bits per heavy atom. The summed E-state index contributed by atoms with van der Waals surface area (Å²) in [6.45, 7) is 2.26. The molecule has 0 spiro atoms. The first-order valence-electron chi connectivity index (χ1n) is 10.1. The normalized spacial score (nSPS) is 11.3. The highest BCUT2D eigenvalue weighted by Gasteiger charge is 2.04. The van der Waals surface area contributed by atoms with Crippen LogP contribution in [-0.4, -0.2) is 23.8 Å². The summed E-state index contributed by atoms with van der Waals surface area (Å²) in [6.07, 6.45) is 8.41. The molecule has 0 aliphatic rings. The van der Waals surface area contributed by atoms with Crippen LogP contribution in [0, 0.1) is 0 Å². The van der Waals surface area contributed by atoms with Gasteiger partial charge in [-0.15, -0.1) is 11.8 Å². The third-order valence-corrected chi connectivity index (χ3v) is 5.69. The van der Waals surface area contributed by atoms with Gasteiger partial charge >= 0.3 is 0 Å². The van der Waals surface area contributed by atoms with Gasteiger partial charge in [0, 0.05) is 11.3 Å². The van der Waals surface area contributed by atoms with E-state index in [-0.39, 0.29) is 0 Å². The van der Waals surface area contributed by atoms with Gasteiger partial charge in [0.2, 0.25) is 0 Å². The number of benzene rings is 2. The van der Waals surface area contributed by atoms with Crippen molar-refractivity contribution in [3.8, 4) is 0 Å². The van der Waals surface area contributed by atoms with Gasteiger partial charge in [0.15, 0.2) is 11.5 Å². The van der Waals surface area contributed by atoms with E-state index in [1.807, 2.05) is 36.0 Å². The number of fused-ring (bicyclic) bond motifs is 1. The molecule has 1 heterocycles. The highest BCUT2D eigenvalue weighted by atomic mass is 32.2. The average Bonchev–Trinajstić information content (AvgIpc) is 3.12. The molecule has 0 aliphatic heterocycles. The van der Waals surface area contributed by atoms with Crippen molar-refractivity contribution < 1.29 is 4.42 Å². The summed E-state index contributed by atoms with van der Waals surface area (Å²) in [6, 6.07) is 18.7. The summed E-state index contributed by atoms with van der Waals surface area (Å²) in [7, 11) is 0. The number of aryl methyl sites for hydroxylation is 1. The third kappa shape index (κ3) is 7.39. The van der Waals surface area contributed by atoms with Crippen molar-refractivity contribution in [1.82, 2.24) is 10.3 Å². The van der Waals surface area contributed by atoms with Gasteiger partial charge < -0.3 is 9.73 Å². The van der Waals surface area contributed by atoms with E-state index in [0.717, 1.165) is 42.9 Å². The minimum Gasteiger partial charge on any atom is -0.441 e. The SMILES string of the molecule is c1ccc(SCCCCCNCCCCCc2nc3ccccc3o2)cc1. The van der Waals surface area contributed by atoms with Crippen molar-refractivity contribution >= 4 is 22.9 Å². The number of oxazole rings is 1. The number of unbranched alkanes of at least 4 members (excludes halogenated alkanes) is 4. The molecule has 0 saturated heterocycles. The van der Waals surface area contributed by atoms with Crippen LogP contribution in [0.3, 0.4) is 0 Å². The van der Waals surface area contributed by atoms with Gasteiger partial charge in [0.05, 0.1) is 0 Å². The quantitative estimate of drug-likeness (QED) is 0.287. The van der Waals surface area contributed by atoms with Gasteiger partial charge in [0.25, 0.3) is 0 Å². The van der Waals surface area contributed by atoms with Gasteiger partial charge in [0.1, 0.15) is 5.52 Å². The molecule has 1 aromatic heterocycles. The fourth-order valence-electron chi connectivity index (χ4n) is 3.09. The Morgan fingerprint density at radius 3 is 2.33 bits per heavy atom. The molecule has 0 amide bonds. The predicted octanol–water partition coefficient (Wildman–Crippen LogP) is 6.09. The summed E-state index contributed by atoms with van der Waals surface area (Å²) >= 11 is 1.96. The average molecular weight is 383 g/mol. The number of thioether (sulfide) groups is 1. The summed E-state index contributed by atoms with van der Waals surface area (Å²) in [5.41, 5.74) is 1.87. The second-order valence-corrected chi connectivity index (χ2v) is 8.03. The van der Waals surface area contributed by atoms with E-state index in [9.17, 15) is 0 Å². The van der Waals surface area contributed by atoms with E-state index < -0.39 is 0 Å². The van der Waals surface area contributed by atoms with Gasteiger partial charge in [-0.3, -0.25) is 0 Å². The highest BCUT2D eigenvalue weighted by Crippen LogP contribution is 2.18. The molecule has 0 aliphatic carbocycles. The van der Waals surface area contributed by atoms with Crippen molar-refractivity contribution in [2.45, 2.75) is 49.8 Å². The summed E-state index contributed by atoms with van der Waals surface area (Å²) in [4.78, 5) is 5.91. The molecular weight excluding hydrogens is 352 g/mol. The van der Waals surface area contributed by atoms with Gasteiger partial charge in [-0.1, -0.05) is 43.2 Å². The molecule has 27 heavy (non-hydrogen) atoms. The highest BCUT2D eigenvalue weighted by molar-refractivity contribution is 7.99. The fraction of sp³-hybridized carbons (Fsp3) is 0.435. The van der Waals surface area contributed by atoms with Crippen LogP contribution >= 0.6 is 11.8 Å². The monoisotopic (exact) mass is 382 g/mol. The molecule has 4 heteroatoms. The van der Waals surface area contributed by atoms with Crippen molar-refractivity contribution in [3.05, 3.63) is 60.5 Å².